The number of hydrogen-bond acceptors (Lipinski definition) is 7. The molecule has 0 fully saturated rings. The molecule has 32 heavy (non-hydrogen) atoms. The van der Waals surface area contributed by atoms with Crippen molar-refractivity contribution in [3.05, 3.63) is 47.3 Å². The van der Waals surface area contributed by atoms with Crippen LogP contribution >= 0.6 is 0 Å². The Labute approximate surface area is 182 Å². The molecule has 1 aromatic heterocycles. The minimum absolute atomic E-state index is 0.00225. The highest BCUT2D eigenvalue weighted by molar-refractivity contribution is 7.91. The molecular formula is C19H21F3N4O5S. The lowest BCUT2D eigenvalue weighted by atomic mass is 10.1. The molecule has 0 aliphatic rings. The molecule has 0 spiro atoms. The molecule has 0 unspecified atom stereocenters. The lowest BCUT2D eigenvalue weighted by Gasteiger charge is -2.22. The number of aryl methyl sites for hydroxylation is 1. The van der Waals surface area contributed by atoms with Crippen molar-refractivity contribution in [1.29, 1.82) is 0 Å². The van der Waals surface area contributed by atoms with E-state index < -0.39 is 50.8 Å². The number of anilines is 1. The van der Waals surface area contributed by atoms with Gasteiger partial charge in [-0.1, -0.05) is 6.92 Å². The summed E-state index contributed by atoms with van der Waals surface area (Å²) < 4.78 is 64.6. The van der Waals surface area contributed by atoms with E-state index in [9.17, 15) is 36.3 Å². The molecule has 9 nitrogen and oxygen atoms in total. The quantitative estimate of drug-likeness (QED) is 0.554. The van der Waals surface area contributed by atoms with Gasteiger partial charge in [0.05, 0.1) is 10.6 Å². The molecule has 13 heteroatoms. The number of nitrogens with zero attached hydrogens (tertiary/aromatic N) is 2. The highest BCUT2D eigenvalue weighted by Gasteiger charge is 2.39. The van der Waals surface area contributed by atoms with Gasteiger partial charge < -0.3 is 10.4 Å². The van der Waals surface area contributed by atoms with Gasteiger partial charge in [-0.2, -0.15) is 13.2 Å². The second-order valence-electron chi connectivity index (χ2n) is 7.01. The average Bonchev–Trinajstić information content (AvgIpc) is 2.71. The Morgan fingerprint density at radius 1 is 1.16 bits per heavy atom. The Bertz CT molecular complexity index is 1120. The summed E-state index contributed by atoms with van der Waals surface area (Å²) in [5.74, 6) is -3.55. The van der Waals surface area contributed by atoms with E-state index in [1.165, 1.54) is 26.1 Å². The molecule has 0 saturated heterocycles. The van der Waals surface area contributed by atoms with Crippen LogP contribution < -0.4 is 10.6 Å². The van der Waals surface area contributed by atoms with Crippen LogP contribution in [0.15, 0.2) is 35.4 Å². The Morgan fingerprint density at radius 3 is 2.25 bits per heavy atom. The first kappa shape index (κ1) is 25.2. The zero-order valence-electron chi connectivity index (χ0n) is 17.3. The molecule has 2 rings (SSSR count). The fourth-order valence-corrected chi connectivity index (χ4v) is 4.27. The largest absolute Gasteiger partial charge is 0.433 e. The van der Waals surface area contributed by atoms with E-state index in [1.54, 1.807) is 0 Å². The molecule has 1 atom stereocenters. The number of alkyl halides is 3. The van der Waals surface area contributed by atoms with Crippen LogP contribution in [-0.4, -0.2) is 53.7 Å². The molecule has 3 N–H and O–H groups in total. The number of amides is 2. The molecule has 0 bridgehead atoms. The van der Waals surface area contributed by atoms with Crippen LogP contribution in [0, 0.1) is 0 Å². The second kappa shape index (κ2) is 9.20. The smallest absolute Gasteiger partial charge is 0.379 e. The van der Waals surface area contributed by atoms with E-state index in [4.69, 9.17) is 0 Å². The van der Waals surface area contributed by atoms with Crippen molar-refractivity contribution in [3.63, 3.8) is 0 Å². The highest BCUT2D eigenvalue weighted by atomic mass is 32.2. The van der Waals surface area contributed by atoms with E-state index >= 15 is 0 Å². The van der Waals surface area contributed by atoms with Crippen LogP contribution in [0.4, 0.5) is 19.1 Å². The van der Waals surface area contributed by atoms with Gasteiger partial charge in [0, 0.05) is 24.4 Å². The van der Waals surface area contributed by atoms with Crippen LogP contribution in [0.5, 0.6) is 0 Å². The molecule has 1 aromatic carbocycles. The molecule has 174 valence electrons. The van der Waals surface area contributed by atoms with Crippen LogP contribution in [0.25, 0.3) is 0 Å². The Balaban J connectivity index is 2.23. The lowest BCUT2D eigenvalue weighted by molar-refractivity contribution is -0.142. The van der Waals surface area contributed by atoms with Gasteiger partial charge in [0.15, 0.2) is 21.1 Å². The SMILES string of the molecule is CCc1cnc(NC(=O)[C@@](C)(O)CS(=O)(=O)c2ccc(C(=O)NC)cc2)nc1C(F)(F)F. The molecule has 0 aliphatic carbocycles. The first-order valence-corrected chi connectivity index (χ1v) is 10.9. The van der Waals surface area contributed by atoms with Crippen LogP contribution in [0.2, 0.25) is 0 Å². The van der Waals surface area contributed by atoms with Crippen molar-refractivity contribution in [1.82, 2.24) is 15.3 Å². The average molecular weight is 474 g/mol. The summed E-state index contributed by atoms with van der Waals surface area (Å²) >= 11 is 0. The van der Waals surface area contributed by atoms with Gasteiger partial charge in [0.25, 0.3) is 11.8 Å². The predicted octanol–water partition coefficient (Wildman–Crippen LogP) is 1.58. The number of hydrogen-bond donors (Lipinski definition) is 3. The van der Waals surface area contributed by atoms with Crippen molar-refractivity contribution in [2.24, 2.45) is 0 Å². The van der Waals surface area contributed by atoms with Gasteiger partial charge >= 0.3 is 6.18 Å². The molecular weight excluding hydrogens is 453 g/mol. The fraction of sp³-hybridized carbons (Fsp3) is 0.368. The Morgan fingerprint density at radius 2 is 1.75 bits per heavy atom. The van der Waals surface area contributed by atoms with Gasteiger partial charge in [0.1, 0.15) is 0 Å². The van der Waals surface area contributed by atoms with E-state index in [1.807, 2.05) is 5.32 Å². The predicted molar refractivity (Wildman–Crippen MR) is 108 cm³/mol. The summed E-state index contributed by atoms with van der Waals surface area (Å²) in [7, 11) is -2.81. The normalized spacial score (nSPS) is 13.8. The maximum atomic E-state index is 13.1. The van der Waals surface area contributed by atoms with Crippen molar-refractivity contribution >= 4 is 27.6 Å². The number of sulfone groups is 1. The second-order valence-corrected chi connectivity index (χ2v) is 9.00. The Kier molecular flexibility index (Phi) is 7.25. The standard InChI is InChI=1S/C19H21F3N4O5S/c1-4-11-9-24-17(25-14(11)19(20,21)22)26-16(28)18(2,29)10-32(30,31)13-7-5-12(6-8-13)15(27)23-3/h5-9,29H,4,10H2,1-3H3,(H,23,27)(H,24,25,26,28)/t18-/m0/s1. The number of halogens is 3. The summed E-state index contributed by atoms with van der Waals surface area (Å²) in [6.07, 6.45) is -3.90. The molecule has 0 aliphatic heterocycles. The first-order valence-electron chi connectivity index (χ1n) is 9.23. The monoisotopic (exact) mass is 474 g/mol. The summed E-state index contributed by atoms with van der Waals surface area (Å²) in [5.41, 5.74) is -3.76. The van der Waals surface area contributed by atoms with Crippen molar-refractivity contribution in [3.8, 4) is 0 Å². The van der Waals surface area contributed by atoms with Gasteiger partial charge in [-0.25, -0.2) is 18.4 Å². The summed E-state index contributed by atoms with van der Waals surface area (Å²) in [4.78, 5) is 30.6. The molecule has 0 saturated carbocycles. The van der Waals surface area contributed by atoms with Gasteiger partial charge in [-0.15, -0.1) is 0 Å². The van der Waals surface area contributed by atoms with E-state index in [2.05, 4.69) is 15.3 Å². The minimum atomic E-state index is -4.79. The summed E-state index contributed by atoms with van der Waals surface area (Å²) in [6.45, 7) is 2.37. The third-order valence-corrected chi connectivity index (χ3v) is 6.33. The van der Waals surface area contributed by atoms with Crippen molar-refractivity contribution in [2.75, 3.05) is 18.1 Å². The van der Waals surface area contributed by atoms with Gasteiger partial charge in [0.2, 0.25) is 5.95 Å². The number of carbonyl (C=O) groups excluding carboxylic acids is 2. The van der Waals surface area contributed by atoms with Crippen LogP contribution in [0.1, 0.15) is 35.5 Å². The zero-order valence-corrected chi connectivity index (χ0v) is 18.1. The molecule has 2 aromatic rings. The van der Waals surface area contributed by atoms with E-state index in [0.717, 1.165) is 25.3 Å². The fourth-order valence-electron chi connectivity index (χ4n) is 2.68. The molecule has 2 amide bonds. The number of benzene rings is 1. The maximum absolute atomic E-state index is 13.1. The van der Waals surface area contributed by atoms with Gasteiger partial charge in [-0.3, -0.25) is 14.9 Å². The number of nitrogens with one attached hydrogen (secondary N) is 2. The molecule has 1 heterocycles. The van der Waals surface area contributed by atoms with E-state index in [0.29, 0.717) is 0 Å². The summed E-state index contributed by atoms with van der Waals surface area (Å²) in [5, 5.41) is 14.7. The number of aliphatic hydroxyl groups is 1. The van der Waals surface area contributed by atoms with Crippen LogP contribution in [0.3, 0.4) is 0 Å². The molecule has 0 radical (unpaired) electrons. The highest BCUT2D eigenvalue weighted by Crippen LogP contribution is 2.31. The van der Waals surface area contributed by atoms with Crippen molar-refractivity contribution in [2.45, 2.75) is 36.9 Å². The maximum Gasteiger partial charge on any atom is 0.433 e. The topological polar surface area (TPSA) is 138 Å². The number of rotatable bonds is 7. The first-order chi connectivity index (χ1) is 14.7. The lowest BCUT2D eigenvalue weighted by Crippen LogP contribution is -2.46. The number of carbonyl (C=O) groups is 2. The third kappa shape index (κ3) is 5.79. The Hall–Kier alpha value is -3.06. The zero-order chi connectivity index (χ0) is 24.3. The third-order valence-electron chi connectivity index (χ3n) is 4.40. The van der Waals surface area contributed by atoms with E-state index in [-0.39, 0.29) is 22.4 Å². The van der Waals surface area contributed by atoms with Gasteiger partial charge in [-0.05, 0) is 37.6 Å². The van der Waals surface area contributed by atoms with Crippen LogP contribution in [-0.2, 0) is 27.2 Å². The number of aromatic nitrogens is 2. The summed E-state index contributed by atoms with van der Waals surface area (Å²) in [6, 6.07) is 4.77. The van der Waals surface area contributed by atoms with Crippen molar-refractivity contribution < 1.29 is 36.3 Å². The minimum Gasteiger partial charge on any atom is -0.379 e.